The van der Waals surface area contributed by atoms with Crippen LogP contribution in [0, 0.1) is 5.92 Å². The van der Waals surface area contributed by atoms with Gasteiger partial charge in [-0.3, -0.25) is 9.59 Å². The standard InChI is InChI=1S/C17H24N2O4/c1-5-14(17(22)23)18-15(20)13-8-6-12(7-9-13)10-19(4)16(21)11(2)3/h6-9,11,14H,5,10H2,1-4H3,(H,18,20)(H,22,23). The van der Waals surface area contributed by atoms with E-state index in [0.29, 0.717) is 18.5 Å². The molecule has 0 saturated heterocycles. The zero-order valence-electron chi connectivity index (χ0n) is 14.0. The highest BCUT2D eigenvalue weighted by Gasteiger charge is 2.18. The Morgan fingerprint density at radius 1 is 1.17 bits per heavy atom. The fourth-order valence-corrected chi connectivity index (χ4v) is 2.13. The topological polar surface area (TPSA) is 86.7 Å². The van der Waals surface area contributed by atoms with Gasteiger partial charge in [-0.1, -0.05) is 32.9 Å². The normalized spacial score (nSPS) is 11.9. The molecule has 1 aromatic carbocycles. The van der Waals surface area contributed by atoms with E-state index in [4.69, 9.17) is 5.11 Å². The zero-order valence-corrected chi connectivity index (χ0v) is 14.0. The molecule has 2 amide bonds. The van der Waals surface area contributed by atoms with Crippen molar-refractivity contribution < 1.29 is 19.5 Å². The maximum atomic E-state index is 12.0. The average molecular weight is 320 g/mol. The molecule has 2 N–H and O–H groups in total. The number of amides is 2. The Morgan fingerprint density at radius 2 is 1.74 bits per heavy atom. The second kappa shape index (κ2) is 8.31. The Morgan fingerprint density at radius 3 is 2.17 bits per heavy atom. The van der Waals surface area contributed by atoms with Gasteiger partial charge in [0.15, 0.2) is 0 Å². The summed E-state index contributed by atoms with van der Waals surface area (Å²) in [5, 5.41) is 11.4. The van der Waals surface area contributed by atoms with Crippen LogP contribution in [0.2, 0.25) is 0 Å². The second-order valence-corrected chi connectivity index (χ2v) is 5.82. The molecule has 0 aromatic heterocycles. The lowest BCUT2D eigenvalue weighted by Gasteiger charge is -2.19. The van der Waals surface area contributed by atoms with Crippen molar-refractivity contribution in [3.8, 4) is 0 Å². The summed E-state index contributed by atoms with van der Waals surface area (Å²) in [6.45, 7) is 5.85. The first-order valence-corrected chi connectivity index (χ1v) is 7.63. The van der Waals surface area contributed by atoms with Gasteiger partial charge < -0.3 is 15.3 Å². The van der Waals surface area contributed by atoms with E-state index >= 15 is 0 Å². The van der Waals surface area contributed by atoms with Crippen molar-refractivity contribution in [2.75, 3.05) is 7.05 Å². The minimum Gasteiger partial charge on any atom is -0.480 e. The third kappa shape index (κ3) is 5.39. The molecule has 0 radical (unpaired) electrons. The molecule has 1 unspecified atom stereocenters. The van der Waals surface area contributed by atoms with Crippen molar-refractivity contribution in [2.24, 2.45) is 5.92 Å². The van der Waals surface area contributed by atoms with Gasteiger partial charge in [-0.25, -0.2) is 4.79 Å². The van der Waals surface area contributed by atoms with Crippen LogP contribution in [0.15, 0.2) is 24.3 Å². The zero-order chi connectivity index (χ0) is 17.6. The van der Waals surface area contributed by atoms with E-state index in [0.717, 1.165) is 5.56 Å². The van der Waals surface area contributed by atoms with Crippen LogP contribution in [-0.4, -0.2) is 40.9 Å². The molecule has 0 saturated carbocycles. The number of carbonyl (C=O) groups excluding carboxylic acids is 2. The van der Waals surface area contributed by atoms with E-state index in [1.165, 1.54) is 0 Å². The molecule has 0 aliphatic carbocycles. The molecule has 0 heterocycles. The second-order valence-electron chi connectivity index (χ2n) is 5.82. The maximum absolute atomic E-state index is 12.0. The van der Waals surface area contributed by atoms with Crippen LogP contribution < -0.4 is 5.32 Å². The summed E-state index contributed by atoms with van der Waals surface area (Å²) in [6.07, 6.45) is 0.321. The number of aliphatic carboxylic acids is 1. The maximum Gasteiger partial charge on any atom is 0.326 e. The molecule has 23 heavy (non-hydrogen) atoms. The molecule has 1 atom stereocenters. The lowest BCUT2D eigenvalue weighted by molar-refractivity contribution is -0.139. The van der Waals surface area contributed by atoms with E-state index in [2.05, 4.69) is 5.32 Å². The first-order chi connectivity index (χ1) is 10.8. The van der Waals surface area contributed by atoms with Crippen LogP contribution in [0.5, 0.6) is 0 Å². The van der Waals surface area contributed by atoms with Gasteiger partial charge in [0.05, 0.1) is 0 Å². The molecular weight excluding hydrogens is 296 g/mol. The fraction of sp³-hybridized carbons (Fsp3) is 0.471. The van der Waals surface area contributed by atoms with Crippen LogP contribution in [-0.2, 0) is 16.1 Å². The summed E-state index contributed by atoms with van der Waals surface area (Å²) in [5.41, 5.74) is 1.30. The van der Waals surface area contributed by atoms with Gasteiger partial charge in [-0.15, -0.1) is 0 Å². The van der Waals surface area contributed by atoms with Gasteiger partial charge in [0.1, 0.15) is 6.04 Å². The van der Waals surface area contributed by atoms with Crippen molar-refractivity contribution in [3.05, 3.63) is 35.4 Å². The number of benzene rings is 1. The lowest BCUT2D eigenvalue weighted by Crippen LogP contribution is -2.40. The number of hydrogen-bond donors (Lipinski definition) is 2. The summed E-state index contributed by atoms with van der Waals surface area (Å²) < 4.78 is 0. The first kappa shape index (κ1) is 18.7. The smallest absolute Gasteiger partial charge is 0.326 e. The predicted molar refractivity (Wildman–Crippen MR) is 86.9 cm³/mol. The molecule has 0 aliphatic rings. The van der Waals surface area contributed by atoms with Crippen molar-refractivity contribution >= 4 is 17.8 Å². The highest BCUT2D eigenvalue weighted by atomic mass is 16.4. The predicted octanol–water partition coefficient (Wildman–Crippen LogP) is 1.89. The summed E-state index contributed by atoms with van der Waals surface area (Å²) in [6, 6.07) is 5.90. The van der Waals surface area contributed by atoms with Gasteiger partial charge in [0, 0.05) is 25.1 Å². The van der Waals surface area contributed by atoms with Crippen molar-refractivity contribution in [1.82, 2.24) is 10.2 Å². The number of carbonyl (C=O) groups is 3. The number of nitrogens with one attached hydrogen (secondary N) is 1. The van der Waals surface area contributed by atoms with E-state index in [1.54, 1.807) is 43.1 Å². The number of hydrogen-bond acceptors (Lipinski definition) is 3. The summed E-state index contributed by atoms with van der Waals surface area (Å²) in [5.74, 6) is -1.48. The van der Waals surface area contributed by atoms with E-state index in [-0.39, 0.29) is 11.8 Å². The number of rotatable bonds is 7. The lowest BCUT2D eigenvalue weighted by atomic mass is 10.1. The van der Waals surface area contributed by atoms with Crippen molar-refractivity contribution in [1.29, 1.82) is 0 Å². The van der Waals surface area contributed by atoms with Gasteiger partial charge in [0.2, 0.25) is 5.91 Å². The number of carboxylic acid groups (broad SMARTS) is 1. The summed E-state index contributed by atoms with van der Waals surface area (Å²) in [4.78, 5) is 36.4. The quantitative estimate of drug-likeness (QED) is 0.803. The Hall–Kier alpha value is -2.37. The first-order valence-electron chi connectivity index (χ1n) is 7.63. The van der Waals surface area contributed by atoms with Crippen molar-refractivity contribution in [3.63, 3.8) is 0 Å². The minimum absolute atomic E-state index is 0.0547. The fourth-order valence-electron chi connectivity index (χ4n) is 2.13. The Balaban J connectivity index is 2.71. The van der Waals surface area contributed by atoms with E-state index < -0.39 is 17.9 Å². The average Bonchev–Trinajstić information content (AvgIpc) is 2.51. The highest BCUT2D eigenvalue weighted by Crippen LogP contribution is 2.09. The monoisotopic (exact) mass is 320 g/mol. The molecule has 6 nitrogen and oxygen atoms in total. The molecule has 0 spiro atoms. The van der Waals surface area contributed by atoms with Crippen LogP contribution >= 0.6 is 0 Å². The summed E-state index contributed by atoms with van der Waals surface area (Å²) >= 11 is 0. The molecule has 1 aromatic rings. The SMILES string of the molecule is CCC(NC(=O)c1ccc(CN(C)C(=O)C(C)C)cc1)C(=O)O. The van der Waals surface area contributed by atoms with Crippen LogP contribution in [0.4, 0.5) is 0 Å². The van der Waals surface area contributed by atoms with Gasteiger partial charge >= 0.3 is 5.97 Å². The molecule has 1 rings (SSSR count). The summed E-state index contributed by atoms with van der Waals surface area (Å²) in [7, 11) is 1.74. The molecule has 6 heteroatoms. The van der Waals surface area contributed by atoms with Crippen LogP contribution in [0.3, 0.4) is 0 Å². The largest absolute Gasteiger partial charge is 0.480 e. The molecule has 0 fully saturated rings. The van der Waals surface area contributed by atoms with E-state index in [9.17, 15) is 14.4 Å². The third-order valence-electron chi connectivity index (χ3n) is 3.52. The Kier molecular flexibility index (Phi) is 6.75. The molecule has 0 bridgehead atoms. The molecule has 126 valence electrons. The van der Waals surface area contributed by atoms with Crippen LogP contribution in [0.1, 0.15) is 43.1 Å². The van der Waals surface area contributed by atoms with Gasteiger partial charge in [0.25, 0.3) is 5.91 Å². The van der Waals surface area contributed by atoms with Gasteiger partial charge in [-0.2, -0.15) is 0 Å². The third-order valence-corrected chi connectivity index (χ3v) is 3.52. The van der Waals surface area contributed by atoms with Gasteiger partial charge in [-0.05, 0) is 24.1 Å². The Labute approximate surface area is 136 Å². The molecular formula is C17H24N2O4. The van der Waals surface area contributed by atoms with E-state index in [1.807, 2.05) is 13.8 Å². The number of nitrogens with zero attached hydrogens (tertiary/aromatic N) is 1. The Bertz CT molecular complexity index is 566. The number of carboxylic acids is 1. The minimum atomic E-state index is -1.05. The molecule has 0 aliphatic heterocycles. The van der Waals surface area contributed by atoms with Crippen LogP contribution in [0.25, 0.3) is 0 Å². The van der Waals surface area contributed by atoms with Crippen molar-refractivity contribution in [2.45, 2.75) is 39.8 Å². The highest BCUT2D eigenvalue weighted by molar-refractivity contribution is 5.96.